The number of fused-ring (bicyclic) bond motifs is 1. The number of halogens is 1. The Hall–Kier alpha value is -2.41. The number of ether oxygens (including phenoxy) is 1. The molecule has 0 unspecified atom stereocenters. The summed E-state index contributed by atoms with van der Waals surface area (Å²) in [4.78, 5) is 12.2. The molecule has 0 amide bonds. The second-order valence-corrected chi connectivity index (χ2v) is 10.8. The molecule has 1 N–H and O–H groups in total. The first kappa shape index (κ1) is 23.7. The number of hydrogen-bond acceptors (Lipinski definition) is 4. The number of benzene rings is 3. The average molecular weight is 486 g/mol. The summed E-state index contributed by atoms with van der Waals surface area (Å²) in [5.41, 5.74) is 3.59. The first-order chi connectivity index (χ1) is 15.8. The summed E-state index contributed by atoms with van der Waals surface area (Å²) in [6.45, 7) is 1.96. The Morgan fingerprint density at radius 3 is 2.42 bits per heavy atom. The fraction of sp³-hybridized carbons (Fsp3) is 0.346. The fourth-order valence-corrected chi connectivity index (χ4v) is 6.10. The van der Waals surface area contributed by atoms with Crippen molar-refractivity contribution in [2.45, 2.75) is 56.4 Å². The monoisotopic (exact) mass is 485 g/mol. The quantitative estimate of drug-likeness (QED) is 0.448. The zero-order chi connectivity index (χ0) is 23.6. The minimum Gasteiger partial charge on any atom is -0.469 e. The molecule has 1 aliphatic rings. The topological polar surface area (TPSA) is 72.5 Å². The number of rotatable bonds is 6. The predicted octanol–water partition coefficient (Wildman–Crippen LogP) is 5.80. The number of carbonyl (C=O) groups is 1. The minimum absolute atomic E-state index is 0.00626. The Bertz CT molecular complexity index is 1280. The maximum atomic E-state index is 12.9. The zero-order valence-corrected chi connectivity index (χ0v) is 20.4. The van der Waals surface area contributed by atoms with Crippen LogP contribution in [0.1, 0.15) is 43.2 Å². The van der Waals surface area contributed by atoms with Crippen LogP contribution in [-0.2, 0) is 26.0 Å². The van der Waals surface area contributed by atoms with Gasteiger partial charge in [-0.3, -0.25) is 4.79 Å². The molecule has 0 radical (unpaired) electrons. The number of hydrogen-bond donors (Lipinski definition) is 1. The van der Waals surface area contributed by atoms with Gasteiger partial charge in [-0.1, -0.05) is 55.1 Å². The molecule has 1 aliphatic carbocycles. The number of carbonyl (C=O) groups excluding carboxylic acids is 1. The van der Waals surface area contributed by atoms with Crippen LogP contribution in [0.3, 0.4) is 0 Å². The number of sulfonamides is 1. The van der Waals surface area contributed by atoms with E-state index in [0.717, 1.165) is 58.7 Å². The first-order valence-electron chi connectivity index (χ1n) is 11.2. The lowest BCUT2D eigenvalue weighted by Crippen LogP contribution is -2.36. The van der Waals surface area contributed by atoms with E-state index in [-0.39, 0.29) is 23.3 Å². The maximum absolute atomic E-state index is 12.9. The van der Waals surface area contributed by atoms with Gasteiger partial charge in [-0.25, -0.2) is 13.1 Å². The Balaban J connectivity index is 1.74. The highest BCUT2D eigenvalue weighted by molar-refractivity contribution is 7.89. The van der Waals surface area contributed by atoms with Crippen molar-refractivity contribution in [3.63, 3.8) is 0 Å². The summed E-state index contributed by atoms with van der Waals surface area (Å²) in [7, 11) is -2.20. The van der Waals surface area contributed by atoms with E-state index in [4.69, 9.17) is 16.3 Å². The number of nitrogens with one attached hydrogen (secondary N) is 1. The molecule has 0 aromatic heterocycles. The minimum atomic E-state index is -3.58. The van der Waals surface area contributed by atoms with E-state index in [0.29, 0.717) is 5.02 Å². The van der Waals surface area contributed by atoms with E-state index in [2.05, 4.69) is 4.72 Å². The number of methoxy groups -OCH3 is 1. The first-order valence-corrected chi connectivity index (χ1v) is 13.1. The number of esters is 1. The van der Waals surface area contributed by atoms with Crippen LogP contribution in [0.25, 0.3) is 21.9 Å². The van der Waals surface area contributed by atoms with Crippen molar-refractivity contribution in [1.29, 1.82) is 0 Å². The fourth-order valence-electron chi connectivity index (χ4n) is 4.62. The molecule has 0 atom stereocenters. The van der Waals surface area contributed by atoms with Crippen LogP contribution in [0.5, 0.6) is 0 Å². The van der Waals surface area contributed by atoms with E-state index in [1.165, 1.54) is 13.5 Å². The second-order valence-electron chi connectivity index (χ2n) is 8.63. The van der Waals surface area contributed by atoms with Crippen molar-refractivity contribution in [2.75, 3.05) is 7.11 Å². The zero-order valence-electron chi connectivity index (χ0n) is 18.9. The van der Waals surface area contributed by atoms with Crippen LogP contribution in [0, 0.1) is 6.92 Å². The van der Waals surface area contributed by atoms with Gasteiger partial charge in [-0.15, -0.1) is 0 Å². The Morgan fingerprint density at radius 1 is 1.06 bits per heavy atom. The van der Waals surface area contributed by atoms with Crippen LogP contribution >= 0.6 is 11.6 Å². The van der Waals surface area contributed by atoms with E-state index >= 15 is 0 Å². The molecule has 0 heterocycles. The third-order valence-electron chi connectivity index (χ3n) is 6.41. The third-order valence-corrected chi connectivity index (χ3v) is 8.19. The van der Waals surface area contributed by atoms with Gasteiger partial charge in [0.1, 0.15) is 0 Å². The molecule has 3 aromatic rings. The summed E-state index contributed by atoms with van der Waals surface area (Å²) in [5, 5.41) is 2.51. The second kappa shape index (κ2) is 9.84. The molecule has 0 spiro atoms. The molecule has 33 heavy (non-hydrogen) atoms. The molecular weight excluding hydrogens is 458 g/mol. The lowest BCUT2D eigenvalue weighted by Gasteiger charge is -2.22. The van der Waals surface area contributed by atoms with E-state index in [1.54, 1.807) is 12.1 Å². The van der Waals surface area contributed by atoms with Crippen LogP contribution in [-0.4, -0.2) is 27.5 Å². The molecule has 0 bridgehead atoms. The molecule has 0 aliphatic heterocycles. The summed E-state index contributed by atoms with van der Waals surface area (Å²) < 4.78 is 33.5. The summed E-state index contributed by atoms with van der Waals surface area (Å²) in [6.07, 6.45) is 5.21. The SMILES string of the molecule is COC(=O)Cc1cc2ccc(Cl)cc2c(-c2ccc(S(=O)(=O)NC3CCCCC3)cc2)c1C. The van der Waals surface area contributed by atoms with Crippen molar-refractivity contribution in [3.05, 3.63) is 64.7 Å². The molecule has 1 fully saturated rings. The highest BCUT2D eigenvalue weighted by Crippen LogP contribution is 2.36. The normalized spacial score (nSPS) is 15.0. The lowest BCUT2D eigenvalue weighted by molar-refractivity contribution is -0.139. The van der Waals surface area contributed by atoms with Crippen molar-refractivity contribution in [1.82, 2.24) is 4.72 Å². The van der Waals surface area contributed by atoms with Gasteiger partial charge in [0.25, 0.3) is 0 Å². The standard InChI is InChI=1S/C26H28ClNO4S/c1-17-20(15-25(29)32-2)14-19-8-11-21(27)16-24(19)26(17)18-9-12-23(13-10-18)33(30,31)28-22-6-4-3-5-7-22/h8-14,16,22,28H,3-7,15H2,1-2H3. The maximum Gasteiger partial charge on any atom is 0.309 e. The Morgan fingerprint density at radius 2 is 1.76 bits per heavy atom. The van der Waals surface area contributed by atoms with Gasteiger partial charge in [-0.05, 0) is 77.1 Å². The van der Waals surface area contributed by atoms with Gasteiger partial charge < -0.3 is 4.74 Å². The van der Waals surface area contributed by atoms with E-state index in [9.17, 15) is 13.2 Å². The molecule has 0 saturated heterocycles. The summed E-state index contributed by atoms with van der Waals surface area (Å²) >= 11 is 6.29. The van der Waals surface area contributed by atoms with E-state index in [1.807, 2.05) is 43.3 Å². The molecule has 3 aromatic carbocycles. The van der Waals surface area contributed by atoms with Crippen LogP contribution in [0.4, 0.5) is 0 Å². The van der Waals surface area contributed by atoms with Crippen molar-refractivity contribution in [2.24, 2.45) is 0 Å². The van der Waals surface area contributed by atoms with Crippen LogP contribution in [0.15, 0.2) is 53.4 Å². The van der Waals surface area contributed by atoms with Gasteiger partial charge in [0.15, 0.2) is 0 Å². The summed E-state index contributed by atoms with van der Waals surface area (Å²) in [5.74, 6) is -0.312. The molecular formula is C26H28ClNO4S. The largest absolute Gasteiger partial charge is 0.469 e. The predicted molar refractivity (Wildman–Crippen MR) is 132 cm³/mol. The average Bonchev–Trinajstić information content (AvgIpc) is 2.80. The van der Waals surface area contributed by atoms with Crippen molar-refractivity contribution in [3.8, 4) is 11.1 Å². The van der Waals surface area contributed by atoms with Gasteiger partial charge >= 0.3 is 5.97 Å². The molecule has 5 nitrogen and oxygen atoms in total. The Kier molecular flexibility index (Phi) is 7.07. The molecule has 1 saturated carbocycles. The van der Waals surface area contributed by atoms with E-state index < -0.39 is 10.0 Å². The lowest BCUT2D eigenvalue weighted by atomic mass is 9.89. The smallest absolute Gasteiger partial charge is 0.309 e. The Labute approximate surface area is 200 Å². The molecule has 4 rings (SSSR count). The van der Waals surface area contributed by atoms with Crippen LogP contribution < -0.4 is 4.72 Å². The highest BCUT2D eigenvalue weighted by Gasteiger charge is 2.22. The molecule has 7 heteroatoms. The molecule has 174 valence electrons. The van der Waals surface area contributed by atoms with Crippen LogP contribution in [0.2, 0.25) is 5.02 Å². The van der Waals surface area contributed by atoms with Gasteiger partial charge in [0.05, 0.1) is 18.4 Å². The van der Waals surface area contributed by atoms with Crippen molar-refractivity contribution >= 4 is 38.4 Å². The van der Waals surface area contributed by atoms with Gasteiger partial charge in [0.2, 0.25) is 10.0 Å². The summed E-state index contributed by atoms with van der Waals surface area (Å²) in [6, 6.07) is 14.6. The van der Waals surface area contributed by atoms with Crippen molar-refractivity contribution < 1.29 is 17.9 Å². The highest BCUT2D eigenvalue weighted by atomic mass is 35.5. The van der Waals surface area contributed by atoms with Gasteiger partial charge in [-0.2, -0.15) is 0 Å². The van der Waals surface area contributed by atoms with Gasteiger partial charge in [0, 0.05) is 11.1 Å². The third kappa shape index (κ3) is 5.24.